The molecule has 202 valence electrons. The Hall–Kier alpha value is -3.05. The predicted molar refractivity (Wildman–Crippen MR) is 140 cm³/mol. The lowest BCUT2D eigenvalue weighted by molar-refractivity contribution is -0.126. The van der Waals surface area contributed by atoms with Gasteiger partial charge in [0.1, 0.15) is 17.6 Å². The molecule has 2 amide bonds. The average molecular weight is 542 g/mol. The molecule has 8 nitrogen and oxygen atoms in total. The van der Waals surface area contributed by atoms with E-state index in [-0.39, 0.29) is 24.3 Å². The summed E-state index contributed by atoms with van der Waals surface area (Å²) in [6.45, 7) is 4.73. The number of carbonyl (C=O) groups is 2. The number of nitrogens with one attached hydrogen (secondary N) is 1. The Bertz CT molecular complexity index is 1190. The molecule has 0 aliphatic carbocycles. The minimum atomic E-state index is -0.987. The van der Waals surface area contributed by atoms with Gasteiger partial charge in [-0.15, -0.1) is 11.3 Å². The number of hydrogen-bond donors (Lipinski definition) is 1. The molecule has 5 rings (SSSR count). The van der Waals surface area contributed by atoms with E-state index in [1.54, 1.807) is 24.3 Å². The summed E-state index contributed by atoms with van der Waals surface area (Å²) in [6, 6.07) is 12.0. The third kappa shape index (κ3) is 6.68. The van der Waals surface area contributed by atoms with Gasteiger partial charge in [-0.3, -0.25) is 14.5 Å². The predicted octanol–water partition coefficient (Wildman–Crippen LogP) is 3.99. The van der Waals surface area contributed by atoms with Gasteiger partial charge in [0, 0.05) is 31.1 Å². The van der Waals surface area contributed by atoms with Gasteiger partial charge in [-0.2, -0.15) is 0 Å². The zero-order chi connectivity index (χ0) is 26.3. The Morgan fingerprint density at radius 1 is 1.11 bits per heavy atom. The molecule has 0 bridgehead atoms. The molecule has 2 fully saturated rings. The molecule has 0 spiro atoms. The van der Waals surface area contributed by atoms with Crippen LogP contribution in [0.15, 0.2) is 58.3 Å². The first-order valence-corrected chi connectivity index (χ1v) is 13.8. The van der Waals surface area contributed by atoms with Crippen molar-refractivity contribution >= 4 is 23.2 Å². The first kappa shape index (κ1) is 26.6. The Morgan fingerprint density at radius 2 is 1.92 bits per heavy atom. The van der Waals surface area contributed by atoms with Crippen molar-refractivity contribution in [3.8, 4) is 0 Å². The van der Waals surface area contributed by atoms with Gasteiger partial charge >= 0.3 is 0 Å². The number of halogens is 1. The number of carbonyl (C=O) groups excluding carboxylic acids is 2. The van der Waals surface area contributed by atoms with Crippen molar-refractivity contribution in [1.82, 2.24) is 15.1 Å². The minimum Gasteiger partial charge on any atom is -0.455 e. The van der Waals surface area contributed by atoms with E-state index in [1.807, 2.05) is 17.5 Å². The van der Waals surface area contributed by atoms with Crippen molar-refractivity contribution in [2.75, 3.05) is 39.5 Å². The van der Waals surface area contributed by atoms with Gasteiger partial charge in [0.15, 0.2) is 5.76 Å². The van der Waals surface area contributed by atoms with E-state index < -0.39 is 17.8 Å². The van der Waals surface area contributed by atoms with Crippen molar-refractivity contribution < 1.29 is 27.9 Å². The zero-order valence-corrected chi connectivity index (χ0v) is 22.0. The van der Waals surface area contributed by atoms with Crippen LogP contribution in [0.5, 0.6) is 0 Å². The number of benzene rings is 1. The number of rotatable bonds is 10. The molecule has 4 heterocycles. The van der Waals surface area contributed by atoms with Gasteiger partial charge < -0.3 is 24.1 Å². The minimum absolute atomic E-state index is 0.0536. The second kappa shape index (κ2) is 12.7. The van der Waals surface area contributed by atoms with Gasteiger partial charge in [-0.1, -0.05) is 18.2 Å². The van der Waals surface area contributed by atoms with Crippen LogP contribution in [0.4, 0.5) is 4.39 Å². The maximum absolute atomic E-state index is 13.9. The summed E-state index contributed by atoms with van der Waals surface area (Å²) in [6.07, 6.45) is 1.77. The first-order chi connectivity index (χ1) is 18.6. The van der Waals surface area contributed by atoms with Gasteiger partial charge in [-0.05, 0) is 54.1 Å². The second-order valence-corrected chi connectivity index (χ2v) is 10.5. The number of thiophene rings is 1. The number of morpholine rings is 1. The number of nitrogens with zero attached hydrogens (tertiary/aromatic N) is 2. The van der Waals surface area contributed by atoms with E-state index in [0.717, 1.165) is 30.8 Å². The molecule has 2 atom stereocenters. The summed E-state index contributed by atoms with van der Waals surface area (Å²) in [5, 5.41) is 4.89. The monoisotopic (exact) mass is 541 g/mol. The van der Waals surface area contributed by atoms with E-state index in [1.165, 1.54) is 28.4 Å². The molecule has 2 saturated heterocycles. The third-order valence-electron chi connectivity index (χ3n) is 6.80. The Balaban J connectivity index is 1.42. The van der Waals surface area contributed by atoms with Crippen LogP contribution in [-0.2, 0) is 27.4 Å². The highest BCUT2D eigenvalue weighted by Gasteiger charge is 2.34. The van der Waals surface area contributed by atoms with Crippen LogP contribution < -0.4 is 5.32 Å². The smallest absolute Gasteiger partial charge is 0.290 e. The highest BCUT2D eigenvalue weighted by molar-refractivity contribution is 7.09. The van der Waals surface area contributed by atoms with E-state index in [9.17, 15) is 14.0 Å². The fourth-order valence-corrected chi connectivity index (χ4v) is 5.49. The largest absolute Gasteiger partial charge is 0.455 e. The second-order valence-electron chi connectivity index (χ2n) is 9.50. The SMILES string of the molecule is O=C(NC[C@@H]1CCCO1)[C@@H](c1ccc(F)cc1)N(Cc1cccs1)C(=O)c1ccc(CN2CCOCC2)o1. The lowest BCUT2D eigenvalue weighted by Crippen LogP contribution is -2.45. The lowest BCUT2D eigenvalue weighted by Gasteiger charge is -2.31. The standard InChI is InChI=1S/C28H32FN3O5S/c29-21-7-5-20(6-8-21)26(27(33)30-17-22-3-1-13-36-22)32(19-24-4-2-16-38-24)28(34)25-10-9-23(37-25)18-31-11-14-35-15-12-31/h2,4-10,16,22,26H,1,3,11-15,17-19H2,(H,30,33)/t22-,26+/m0/s1. The molecule has 0 saturated carbocycles. The van der Waals surface area contributed by atoms with E-state index in [0.29, 0.717) is 44.2 Å². The number of ether oxygens (including phenoxy) is 2. The number of furan rings is 1. The van der Waals surface area contributed by atoms with Crippen LogP contribution in [0.3, 0.4) is 0 Å². The summed E-state index contributed by atoms with van der Waals surface area (Å²) in [5.41, 5.74) is 0.515. The molecule has 2 aliphatic rings. The van der Waals surface area contributed by atoms with E-state index in [4.69, 9.17) is 13.9 Å². The van der Waals surface area contributed by atoms with Crippen LogP contribution in [0.25, 0.3) is 0 Å². The van der Waals surface area contributed by atoms with E-state index in [2.05, 4.69) is 10.2 Å². The molecule has 1 N–H and O–H groups in total. The van der Waals surface area contributed by atoms with E-state index >= 15 is 0 Å². The van der Waals surface area contributed by atoms with Crippen LogP contribution >= 0.6 is 11.3 Å². The van der Waals surface area contributed by atoms with Crippen molar-refractivity contribution in [1.29, 1.82) is 0 Å². The fourth-order valence-electron chi connectivity index (χ4n) is 4.78. The molecule has 1 aromatic carbocycles. The topological polar surface area (TPSA) is 84.2 Å². The molecule has 0 radical (unpaired) electrons. The summed E-state index contributed by atoms with van der Waals surface area (Å²) in [7, 11) is 0. The molecular formula is C28H32FN3O5S. The Labute approximate surface area is 225 Å². The first-order valence-electron chi connectivity index (χ1n) is 12.9. The summed E-state index contributed by atoms with van der Waals surface area (Å²) >= 11 is 1.50. The molecule has 38 heavy (non-hydrogen) atoms. The Morgan fingerprint density at radius 3 is 2.63 bits per heavy atom. The summed E-state index contributed by atoms with van der Waals surface area (Å²) < 4.78 is 30.9. The number of amides is 2. The zero-order valence-electron chi connectivity index (χ0n) is 21.1. The third-order valence-corrected chi connectivity index (χ3v) is 7.66. The molecule has 10 heteroatoms. The fraction of sp³-hybridized carbons (Fsp3) is 0.429. The molecule has 2 aliphatic heterocycles. The average Bonchev–Trinajstić information content (AvgIpc) is 3.72. The van der Waals surface area contributed by atoms with Gasteiger partial charge in [0.05, 0.1) is 32.4 Å². The molecule has 2 aromatic heterocycles. The maximum atomic E-state index is 13.9. The van der Waals surface area contributed by atoms with Crippen LogP contribution in [-0.4, -0.2) is 67.2 Å². The van der Waals surface area contributed by atoms with Crippen LogP contribution in [0.2, 0.25) is 0 Å². The number of hydrogen-bond acceptors (Lipinski definition) is 7. The van der Waals surface area contributed by atoms with Crippen LogP contribution in [0.1, 0.15) is 45.6 Å². The molecule has 3 aromatic rings. The normalized spacial score (nSPS) is 18.8. The highest BCUT2D eigenvalue weighted by atomic mass is 32.1. The summed E-state index contributed by atoms with van der Waals surface area (Å²) in [4.78, 5) is 32.2. The van der Waals surface area contributed by atoms with Crippen molar-refractivity contribution in [2.24, 2.45) is 0 Å². The van der Waals surface area contributed by atoms with Gasteiger partial charge in [-0.25, -0.2) is 4.39 Å². The molecular weight excluding hydrogens is 509 g/mol. The quantitative estimate of drug-likeness (QED) is 0.418. The van der Waals surface area contributed by atoms with Gasteiger partial charge in [0.25, 0.3) is 5.91 Å². The lowest BCUT2D eigenvalue weighted by atomic mass is 10.0. The van der Waals surface area contributed by atoms with Gasteiger partial charge in [0.2, 0.25) is 5.91 Å². The highest BCUT2D eigenvalue weighted by Crippen LogP contribution is 2.28. The van der Waals surface area contributed by atoms with Crippen molar-refractivity contribution in [3.63, 3.8) is 0 Å². The van der Waals surface area contributed by atoms with Crippen molar-refractivity contribution in [2.45, 2.75) is 38.1 Å². The molecule has 0 unspecified atom stereocenters. The van der Waals surface area contributed by atoms with Crippen molar-refractivity contribution in [3.05, 3.63) is 81.7 Å². The summed E-state index contributed by atoms with van der Waals surface area (Å²) in [5.74, 6) is -0.344. The van der Waals surface area contributed by atoms with Crippen LogP contribution in [0, 0.1) is 5.82 Å². The Kier molecular flexibility index (Phi) is 8.85. The maximum Gasteiger partial charge on any atom is 0.290 e.